The Morgan fingerprint density at radius 2 is 2.14 bits per heavy atom. The molecule has 6 heteroatoms. The number of halogens is 2. The first-order valence-electron chi connectivity index (χ1n) is 3.68. The molecule has 2 amide bonds. The van der Waals surface area contributed by atoms with Gasteiger partial charge in [-0.2, -0.15) is 0 Å². The van der Waals surface area contributed by atoms with Gasteiger partial charge in [0.1, 0.15) is 0 Å². The fourth-order valence-electron chi connectivity index (χ4n) is 0.901. The van der Waals surface area contributed by atoms with Crippen LogP contribution < -0.4 is 16.6 Å². The molecule has 1 aromatic carbocycles. The van der Waals surface area contributed by atoms with Crippen LogP contribution in [0.25, 0.3) is 0 Å². The maximum Gasteiger partial charge on any atom is 0.333 e. The molecule has 0 saturated heterocycles. The van der Waals surface area contributed by atoms with Crippen LogP contribution in [-0.4, -0.2) is 6.03 Å². The molecule has 0 aliphatic carbocycles. The highest BCUT2D eigenvalue weighted by Gasteiger charge is 2.04. The normalized spacial score (nSPS) is 8.79. The Hall–Kier alpha value is -0.970. The molecule has 1 aromatic rings. The SMILES string of the molecule is Cc1c(Cl)cccc1NC(=O)NN.Cl. The topological polar surface area (TPSA) is 67.2 Å². The van der Waals surface area contributed by atoms with Crippen LogP contribution in [0.5, 0.6) is 0 Å². The number of urea groups is 1. The lowest BCUT2D eigenvalue weighted by molar-refractivity contribution is 0.252. The number of nitrogens with two attached hydrogens (primary N) is 1. The summed E-state index contributed by atoms with van der Waals surface area (Å²) < 4.78 is 0. The van der Waals surface area contributed by atoms with Crippen LogP contribution in [0.1, 0.15) is 5.56 Å². The van der Waals surface area contributed by atoms with Gasteiger partial charge in [0, 0.05) is 10.7 Å². The van der Waals surface area contributed by atoms with E-state index >= 15 is 0 Å². The van der Waals surface area contributed by atoms with Crippen LogP contribution in [0.2, 0.25) is 5.02 Å². The van der Waals surface area contributed by atoms with Crippen LogP contribution >= 0.6 is 24.0 Å². The lowest BCUT2D eigenvalue weighted by Gasteiger charge is -2.08. The first-order chi connectivity index (χ1) is 6.15. The highest BCUT2D eigenvalue weighted by Crippen LogP contribution is 2.22. The molecular weight excluding hydrogens is 225 g/mol. The molecule has 1 rings (SSSR count). The number of hydrogen-bond acceptors (Lipinski definition) is 2. The summed E-state index contributed by atoms with van der Waals surface area (Å²) in [6, 6.07) is 4.78. The van der Waals surface area contributed by atoms with Crippen LogP contribution in [0.3, 0.4) is 0 Å². The average Bonchev–Trinajstić information content (AvgIpc) is 2.13. The Kier molecular flexibility index (Phi) is 5.30. The van der Waals surface area contributed by atoms with E-state index in [0.717, 1.165) is 5.56 Å². The second-order valence-corrected chi connectivity index (χ2v) is 2.92. The molecular formula is C8H11Cl2N3O. The van der Waals surface area contributed by atoms with Crippen molar-refractivity contribution in [2.24, 2.45) is 5.84 Å². The monoisotopic (exact) mass is 235 g/mol. The highest BCUT2D eigenvalue weighted by atomic mass is 35.5. The van der Waals surface area contributed by atoms with Crippen molar-refractivity contribution in [3.05, 3.63) is 28.8 Å². The Morgan fingerprint density at radius 1 is 1.50 bits per heavy atom. The Balaban J connectivity index is 0.00000169. The number of rotatable bonds is 1. The van der Waals surface area contributed by atoms with Crippen LogP contribution in [0.4, 0.5) is 10.5 Å². The van der Waals surface area contributed by atoms with Crippen molar-refractivity contribution in [1.82, 2.24) is 5.43 Å². The second kappa shape index (κ2) is 5.70. The quantitative estimate of drug-likeness (QED) is 0.397. The van der Waals surface area contributed by atoms with Crippen molar-refractivity contribution in [2.45, 2.75) is 6.92 Å². The van der Waals surface area contributed by atoms with Gasteiger partial charge in [-0.05, 0) is 24.6 Å². The summed E-state index contributed by atoms with van der Waals surface area (Å²) in [7, 11) is 0. The van der Waals surface area contributed by atoms with Gasteiger partial charge in [-0.25, -0.2) is 10.6 Å². The van der Waals surface area contributed by atoms with Gasteiger partial charge in [-0.1, -0.05) is 17.7 Å². The molecule has 0 aliphatic rings. The molecule has 0 bridgehead atoms. The maximum atomic E-state index is 10.9. The van der Waals surface area contributed by atoms with Crippen molar-refractivity contribution in [1.29, 1.82) is 0 Å². The standard InChI is InChI=1S/C8H10ClN3O.ClH/c1-5-6(9)3-2-4-7(5)11-8(13)12-10;/h2-4H,10H2,1H3,(H2,11,12,13);1H. The number of carbonyl (C=O) groups is 1. The van der Waals surface area contributed by atoms with Gasteiger partial charge in [0.2, 0.25) is 0 Å². The third-order valence-electron chi connectivity index (χ3n) is 1.65. The number of anilines is 1. The summed E-state index contributed by atoms with van der Waals surface area (Å²) >= 11 is 5.84. The maximum absolute atomic E-state index is 10.9. The number of hydrazine groups is 1. The predicted octanol–water partition coefficient (Wildman–Crippen LogP) is 2.07. The Morgan fingerprint density at radius 3 is 2.71 bits per heavy atom. The number of amides is 2. The van der Waals surface area contributed by atoms with E-state index in [4.69, 9.17) is 17.4 Å². The van der Waals surface area contributed by atoms with Gasteiger partial charge in [0.25, 0.3) is 0 Å². The Bertz CT molecular complexity index is 330. The third kappa shape index (κ3) is 3.06. The number of nitrogens with one attached hydrogen (secondary N) is 2. The molecule has 0 fully saturated rings. The molecule has 0 aliphatic heterocycles. The van der Waals surface area contributed by atoms with Crippen molar-refractivity contribution in [3.8, 4) is 0 Å². The summed E-state index contributed by atoms with van der Waals surface area (Å²) in [4.78, 5) is 10.9. The Labute approximate surface area is 93.2 Å². The molecule has 78 valence electrons. The minimum Gasteiger partial charge on any atom is -0.307 e. The minimum absolute atomic E-state index is 0. The smallest absolute Gasteiger partial charge is 0.307 e. The zero-order valence-electron chi connectivity index (χ0n) is 7.50. The van der Waals surface area contributed by atoms with Gasteiger partial charge in [0.05, 0.1) is 0 Å². The third-order valence-corrected chi connectivity index (χ3v) is 2.06. The summed E-state index contributed by atoms with van der Waals surface area (Å²) in [5.41, 5.74) is 3.43. The largest absolute Gasteiger partial charge is 0.333 e. The van der Waals surface area contributed by atoms with E-state index in [2.05, 4.69) is 5.32 Å². The van der Waals surface area contributed by atoms with Crippen molar-refractivity contribution >= 4 is 35.7 Å². The van der Waals surface area contributed by atoms with E-state index < -0.39 is 6.03 Å². The summed E-state index contributed by atoms with van der Waals surface area (Å²) in [5.74, 6) is 4.91. The number of carbonyl (C=O) groups excluding carboxylic acids is 1. The molecule has 0 saturated carbocycles. The lowest BCUT2D eigenvalue weighted by atomic mass is 10.2. The molecule has 0 unspecified atom stereocenters. The minimum atomic E-state index is -0.467. The molecule has 0 atom stereocenters. The molecule has 4 nitrogen and oxygen atoms in total. The van der Waals surface area contributed by atoms with Gasteiger partial charge >= 0.3 is 6.03 Å². The molecule has 4 N–H and O–H groups in total. The average molecular weight is 236 g/mol. The first-order valence-corrected chi connectivity index (χ1v) is 4.05. The fraction of sp³-hybridized carbons (Fsp3) is 0.125. The molecule has 0 spiro atoms. The van der Waals surface area contributed by atoms with Crippen molar-refractivity contribution < 1.29 is 4.79 Å². The van der Waals surface area contributed by atoms with E-state index in [9.17, 15) is 4.79 Å². The number of hydrogen-bond donors (Lipinski definition) is 3. The molecule has 14 heavy (non-hydrogen) atoms. The molecule has 0 radical (unpaired) electrons. The predicted molar refractivity (Wildman–Crippen MR) is 59.8 cm³/mol. The highest BCUT2D eigenvalue weighted by molar-refractivity contribution is 6.31. The van der Waals surface area contributed by atoms with Gasteiger partial charge in [-0.3, -0.25) is 5.43 Å². The second-order valence-electron chi connectivity index (χ2n) is 2.51. The van der Waals surface area contributed by atoms with E-state index in [1.807, 2.05) is 12.3 Å². The summed E-state index contributed by atoms with van der Waals surface area (Å²) in [6.45, 7) is 1.81. The number of benzene rings is 1. The van der Waals surface area contributed by atoms with Gasteiger partial charge in [0.15, 0.2) is 0 Å². The van der Waals surface area contributed by atoms with Crippen molar-refractivity contribution in [3.63, 3.8) is 0 Å². The van der Waals surface area contributed by atoms with E-state index in [1.165, 1.54) is 0 Å². The van der Waals surface area contributed by atoms with E-state index in [1.54, 1.807) is 18.2 Å². The van der Waals surface area contributed by atoms with E-state index in [0.29, 0.717) is 10.7 Å². The first kappa shape index (κ1) is 13.0. The van der Waals surface area contributed by atoms with E-state index in [-0.39, 0.29) is 12.4 Å². The van der Waals surface area contributed by atoms with Crippen LogP contribution in [0.15, 0.2) is 18.2 Å². The zero-order valence-corrected chi connectivity index (χ0v) is 9.08. The van der Waals surface area contributed by atoms with Gasteiger partial charge < -0.3 is 5.32 Å². The lowest BCUT2D eigenvalue weighted by Crippen LogP contribution is -2.34. The molecule has 0 aromatic heterocycles. The molecule has 0 heterocycles. The zero-order chi connectivity index (χ0) is 9.84. The van der Waals surface area contributed by atoms with Crippen LogP contribution in [0, 0.1) is 6.92 Å². The van der Waals surface area contributed by atoms with Crippen molar-refractivity contribution in [2.75, 3.05) is 5.32 Å². The van der Waals surface area contributed by atoms with Gasteiger partial charge in [-0.15, -0.1) is 12.4 Å². The summed E-state index contributed by atoms with van der Waals surface area (Å²) in [5, 5.41) is 3.15. The fourth-order valence-corrected chi connectivity index (χ4v) is 1.08. The van der Waals surface area contributed by atoms with Crippen LogP contribution in [-0.2, 0) is 0 Å². The summed E-state index contributed by atoms with van der Waals surface area (Å²) in [6.07, 6.45) is 0.